The van der Waals surface area contributed by atoms with E-state index in [0.717, 1.165) is 56.3 Å². The molecule has 0 aliphatic rings. The number of methoxy groups -OCH3 is 1. The van der Waals surface area contributed by atoms with Gasteiger partial charge in [-0.2, -0.15) is 0 Å². The first-order valence-electron chi connectivity index (χ1n) is 9.79. The summed E-state index contributed by atoms with van der Waals surface area (Å²) in [5, 5.41) is 0.720. The Morgan fingerprint density at radius 1 is 1.07 bits per heavy atom. The molecule has 0 saturated carbocycles. The number of hydrogen-bond donors (Lipinski definition) is 0. The Morgan fingerprint density at radius 3 is 2.48 bits per heavy atom. The molecular formula is C23H29N3O2S. The van der Waals surface area contributed by atoms with Crippen LogP contribution in [-0.4, -0.2) is 50.1 Å². The molecule has 0 fully saturated rings. The van der Waals surface area contributed by atoms with Crippen LogP contribution in [-0.2, 0) is 0 Å². The number of carbonyl (C=O) groups is 1. The average molecular weight is 412 g/mol. The fourth-order valence-corrected chi connectivity index (χ4v) is 4.40. The van der Waals surface area contributed by atoms with E-state index in [2.05, 4.69) is 11.8 Å². The third kappa shape index (κ3) is 4.60. The second-order valence-corrected chi connectivity index (χ2v) is 8.67. The Labute approximate surface area is 176 Å². The van der Waals surface area contributed by atoms with Gasteiger partial charge in [0.2, 0.25) is 0 Å². The molecule has 154 valence electrons. The molecular weight excluding hydrogens is 382 g/mol. The maximum absolute atomic E-state index is 13.6. The molecule has 0 N–H and O–H groups in total. The van der Waals surface area contributed by atoms with E-state index in [1.807, 2.05) is 63.2 Å². The minimum atomic E-state index is 0.000585. The Bertz CT molecular complexity index is 1030. The van der Waals surface area contributed by atoms with Crippen molar-refractivity contribution in [2.45, 2.75) is 27.2 Å². The molecule has 0 atom stereocenters. The van der Waals surface area contributed by atoms with Crippen molar-refractivity contribution >= 4 is 32.6 Å². The summed E-state index contributed by atoms with van der Waals surface area (Å²) in [7, 11) is 5.74. The van der Waals surface area contributed by atoms with Crippen molar-refractivity contribution in [3.63, 3.8) is 0 Å². The number of aryl methyl sites for hydroxylation is 3. The molecule has 6 heteroatoms. The van der Waals surface area contributed by atoms with Gasteiger partial charge >= 0.3 is 0 Å². The van der Waals surface area contributed by atoms with E-state index in [0.29, 0.717) is 6.54 Å². The third-order valence-corrected chi connectivity index (χ3v) is 6.21. The lowest BCUT2D eigenvalue weighted by Gasteiger charge is -2.22. The second-order valence-electron chi connectivity index (χ2n) is 7.69. The first kappa shape index (κ1) is 21.3. The standard InChI is InChI=1S/C23H29N3O2S/c1-15-8-9-16(2)18(14-15)22(27)26(13-7-12-25(4)5)23-24-20-19(28-6)11-10-17(3)21(20)29-23/h8-11,14H,7,12-13H2,1-6H3. The van der Waals surface area contributed by atoms with Crippen molar-refractivity contribution < 1.29 is 9.53 Å². The molecule has 0 aliphatic heterocycles. The summed E-state index contributed by atoms with van der Waals surface area (Å²) < 4.78 is 6.56. The van der Waals surface area contributed by atoms with Crippen molar-refractivity contribution in [1.29, 1.82) is 0 Å². The Morgan fingerprint density at radius 2 is 1.79 bits per heavy atom. The Hall–Kier alpha value is -2.44. The summed E-state index contributed by atoms with van der Waals surface area (Å²) in [5.41, 5.74) is 4.75. The van der Waals surface area contributed by atoms with E-state index in [1.54, 1.807) is 18.4 Å². The van der Waals surface area contributed by atoms with E-state index in [9.17, 15) is 4.79 Å². The molecule has 2 aromatic carbocycles. The predicted octanol–water partition coefficient (Wildman–Crippen LogP) is 4.83. The molecule has 0 unspecified atom stereocenters. The fraction of sp³-hybridized carbons (Fsp3) is 0.391. The summed E-state index contributed by atoms with van der Waals surface area (Å²) in [6.45, 7) is 7.58. The first-order chi connectivity index (χ1) is 13.8. The lowest BCUT2D eigenvalue weighted by atomic mass is 10.0. The van der Waals surface area contributed by atoms with E-state index in [1.165, 1.54) is 0 Å². The number of hydrogen-bond acceptors (Lipinski definition) is 5. The number of ether oxygens (including phenoxy) is 1. The molecule has 0 radical (unpaired) electrons. The fourth-order valence-electron chi connectivity index (χ4n) is 3.32. The zero-order valence-corrected chi connectivity index (χ0v) is 18.9. The van der Waals surface area contributed by atoms with Crippen LogP contribution in [0.2, 0.25) is 0 Å². The smallest absolute Gasteiger partial charge is 0.260 e. The summed E-state index contributed by atoms with van der Waals surface area (Å²) in [5.74, 6) is 0.737. The first-order valence-corrected chi connectivity index (χ1v) is 10.6. The van der Waals surface area contributed by atoms with E-state index in [-0.39, 0.29) is 5.91 Å². The van der Waals surface area contributed by atoms with Crippen LogP contribution < -0.4 is 9.64 Å². The summed E-state index contributed by atoms with van der Waals surface area (Å²) in [4.78, 5) is 22.3. The summed E-state index contributed by atoms with van der Waals surface area (Å²) in [6.07, 6.45) is 0.871. The highest BCUT2D eigenvalue weighted by atomic mass is 32.1. The van der Waals surface area contributed by atoms with Crippen molar-refractivity contribution in [3.8, 4) is 5.75 Å². The van der Waals surface area contributed by atoms with Gasteiger partial charge in [0.05, 0.1) is 11.8 Å². The largest absolute Gasteiger partial charge is 0.494 e. The van der Waals surface area contributed by atoms with Gasteiger partial charge in [0.25, 0.3) is 5.91 Å². The van der Waals surface area contributed by atoms with Gasteiger partial charge in [-0.3, -0.25) is 9.69 Å². The Kier molecular flexibility index (Phi) is 6.55. The molecule has 1 heterocycles. The van der Waals surface area contributed by atoms with Crippen LogP contribution in [0.25, 0.3) is 10.2 Å². The number of fused-ring (bicyclic) bond motifs is 1. The zero-order valence-electron chi connectivity index (χ0n) is 18.1. The molecule has 0 bridgehead atoms. The van der Waals surface area contributed by atoms with Gasteiger partial charge in [-0.1, -0.05) is 35.1 Å². The highest BCUT2D eigenvalue weighted by Crippen LogP contribution is 2.37. The van der Waals surface area contributed by atoms with Crippen LogP contribution in [0.1, 0.15) is 33.5 Å². The van der Waals surface area contributed by atoms with Crippen LogP contribution >= 0.6 is 11.3 Å². The maximum atomic E-state index is 13.6. The van der Waals surface area contributed by atoms with Gasteiger partial charge < -0.3 is 9.64 Å². The Balaban J connectivity index is 2.05. The highest BCUT2D eigenvalue weighted by molar-refractivity contribution is 7.22. The summed E-state index contributed by atoms with van der Waals surface area (Å²) >= 11 is 1.55. The van der Waals surface area contributed by atoms with Gasteiger partial charge in [0.15, 0.2) is 5.13 Å². The number of nitrogens with zero attached hydrogens (tertiary/aromatic N) is 3. The number of aromatic nitrogens is 1. The number of thiazole rings is 1. The molecule has 5 nitrogen and oxygen atoms in total. The maximum Gasteiger partial charge on any atom is 0.260 e. The summed E-state index contributed by atoms with van der Waals surface area (Å²) in [6, 6.07) is 9.98. The van der Waals surface area contributed by atoms with Gasteiger partial charge in [-0.25, -0.2) is 4.98 Å². The van der Waals surface area contributed by atoms with Crippen molar-refractivity contribution in [1.82, 2.24) is 9.88 Å². The number of benzene rings is 2. The number of rotatable bonds is 7. The van der Waals surface area contributed by atoms with Gasteiger partial charge in [0.1, 0.15) is 11.3 Å². The normalized spacial score (nSPS) is 11.3. The van der Waals surface area contributed by atoms with Gasteiger partial charge in [0, 0.05) is 12.1 Å². The molecule has 3 aromatic rings. The quantitative estimate of drug-likeness (QED) is 0.559. The predicted molar refractivity (Wildman–Crippen MR) is 122 cm³/mol. The third-order valence-electron chi connectivity index (χ3n) is 5.00. The minimum Gasteiger partial charge on any atom is -0.494 e. The SMILES string of the molecule is COc1ccc(C)c2sc(N(CCCN(C)C)C(=O)c3cc(C)ccc3C)nc12. The highest BCUT2D eigenvalue weighted by Gasteiger charge is 2.24. The second kappa shape index (κ2) is 8.93. The molecule has 1 amide bonds. The van der Waals surface area contributed by atoms with Crippen molar-refractivity contribution in [3.05, 3.63) is 52.6 Å². The molecule has 0 aliphatic carbocycles. The van der Waals surface area contributed by atoms with Crippen molar-refractivity contribution in [2.24, 2.45) is 0 Å². The van der Waals surface area contributed by atoms with Gasteiger partial charge in [-0.15, -0.1) is 0 Å². The number of amides is 1. The van der Waals surface area contributed by atoms with E-state index in [4.69, 9.17) is 9.72 Å². The number of carbonyl (C=O) groups excluding carboxylic acids is 1. The van der Waals surface area contributed by atoms with Crippen LogP contribution in [0.5, 0.6) is 5.75 Å². The van der Waals surface area contributed by atoms with Gasteiger partial charge in [-0.05, 0) is 71.1 Å². The number of anilines is 1. The molecule has 3 rings (SSSR count). The minimum absolute atomic E-state index is 0.000585. The monoisotopic (exact) mass is 411 g/mol. The lowest BCUT2D eigenvalue weighted by molar-refractivity contribution is 0.0985. The van der Waals surface area contributed by atoms with Crippen LogP contribution in [0.4, 0.5) is 5.13 Å². The molecule has 0 saturated heterocycles. The van der Waals surface area contributed by atoms with Crippen LogP contribution in [0.15, 0.2) is 30.3 Å². The van der Waals surface area contributed by atoms with Crippen molar-refractivity contribution in [2.75, 3.05) is 39.2 Å². The van der Waals surface area contributed by atoms with Crippen LogP contribution in [0, 0.1) is 20.8 Å². The molecule has 29 heavy (non-hydrogen) atoms. The zero-order chi connectivity index (χ0) is 21.1. The molecule has 0 spiro atoms. The van der Waals surface area contributed by atoms with E-state index < -0.39 is 0 Å². The lowest BCUT2D eigenvalue weighted by Crippen LogP contribution is -2.34. The topological polar surface area (TPSA) is 45.7 Å². The van der Waals surface area contributed by atoms with Crippen LogP contribution in [0.3, 0.4) is 0 Å². The van der Waals surface area contributed by atoms with E-state index >= 15 is 0 Å². The average Bonchev–Trinajstić information content (AvgIpc) is 3.13. The molecule has 1 aromatic heterocycles.